The minimum atomic E-state index is 0.472. The average Bonchev–Trinajstić information content (AvgIpc) is 2.32. The minimum Gasteiger partial charge on any atom is -0.299 e. The summed E-state index contributed by atoms with van der Waals surface area (Å²) in [4.78, 5) is 2.59. The fourth-order valence-corrected chi connectivity index (χ4v) is 3.23. The maximum absolute atomic E-state index is 3.64. The van der Waals surface area contributed by atoms with Crippen LogP contribution in [0.15, 0.2) is 28.7 Å². The summed E-state index contributed by atoms with van der Waals surface area (Å²) < 4.78 is 1.24. The molecule has 1 aliphatic rings. The maximum atomic E-state index is 3.64. The van der Waals surface area contributed by atoms with Crippen molar-refractivity contribution in [2.45, 2.75) is 40.2 Å². The van der Waals surface area contributed by atoms with Crippen LogP contribution in [0.2, 0.25) is 0 Å². The van der Waals surface area contributed by atoms with Gasteiger partial charge in [0.25, 0.3) is 0 Å². The summed E-state index contributed by atoms with van der Waals surface area (Å²) in [6.45, 7) is 10.7. The maximum Gasteiger partial charge on any atom is 0.0244 e. The predicted molar refractivity (Wildman–Crippen MR) is 81.6 cm³/mol. The van der Waals surface area contributed by atoms with Crippen molar-refractivity contribution in [3.05, 3.63) is 34.3 Å². The molecule has 1 saturated heterocycles. The summed E-state index contributed by atoms with van der Waals surface area (Å²) in [6.07, 6.45) is 2.68. The highest BCUT2D eigenvalue weighted by Gasteiger charge is 2.28. The molecular formula is C16H24BrN. The highest BCUT2D eigenvalue weighted by molar-refractivity contribution is 9.10. The van der Waals surface area contributed by atoms with Crippen LogP contribution >= 0.6 is 15.9 Å². The van der Waals surface area contributed by atoms with Crippen molar-refractivity contribution in [2.24, 2.45) is 11.3 Å². The molecule has 1 nitrogen and oxygen atoms in total. The molecule has 0 saturated carbocycles. The molecule has 100 valence electrons. The molecule has 1 heterocycles. The fraction of sp³-hybridized carbons (Fsp3) is 0.625. The number of piperidine rings is 1. The molecule has 0 unspecified atom stereocenters. The van der Waals surface area contributed by atoms with Crippen LogP contribution in [0.25, 0.3) is 0 Å². The average molecular weight is 310 g/mol. The van der Waals surface area contributed by atoms with Gasteiger partial charge in [-0.1, -0.05) is 54.9 Å². The Balaban J connectivity index is 1.90. The lowest BCUT2D eigenvalue weighted by Gasteiger charge is -2.38. The molecule has 0 spiro atoms. The summed E-state index contributed by atoms with van der Waals surface area (Å²) in [5.41, 5.74) is 1.88. The first-order valence-electron chi connectivity index (χ1n) is 6.92. The Morgan fingerprint density at radius 1 is 1.17 bits per heavy atom. The van der Waals surface area contributed by atoms with E-state index >= 15 is 0 Å². The second-order valence-corrected chi connectivity index (χ2v) is 7.36. The molecule has 0 amide bonds. The SMILES string of the molecule is CC(C)(C)C1CCN(Cc2ccccc2Br)CC1. The Hall–Kier alpha value is -0.340. The van der Waals surface area contributed by atoms with E-state index in [-0.39, 0.29) is 0 Å². The van der Waals surface area contributed by atoms with Gasteiger partial charge in [0.1, 0.15) is 0 Å². The number of hydrogen-bond acceptors (Lipinski definition) is 1. The van der Waals surface area contributed by atoms with E-state index < -0.39 is 0 Å². The normalized spacial score (nSPS) is 19.1. The molecule has 0 bridgehead atoms. The van der Waals surface area contributed by atoms with E-state index in [1.807, 2.05) is 0 Å². The number of benzene rings is 1. The third-order valence-electron chi connectivity index (χ3n) is 4.16. The molecule has 0 N–H and O–H groups in total. The van der Waals surface area contributed by atoms with Gasteiger partial charge < -0.3 is 0 Å². The summed E-state index contributed by atoms with van der Waals surface area (Å²) >= 11 is 3.64. The Morgan fingerprint density at radius 3 is 2.33 bits per heavy atom. The van der Waals surface area contributed by atoms with Crippen LogP contribution in [-0.2, 0) is 6.54 Å². The zero-order chi connectivity index (χ0) is 13.2. The van der Waals surface area contributed by atoms with Gasteiger partial charge in [-0.2, -0.15) is 0 Å². The van der Waals surface area contributed by atoms with E-state index in [9.17, 15) is 0 Å². The van der Waals surface area contributed by atoms with E-state index in [2.05, 4.69) is 65.9 Å². The van der Waals surface area contributed by atoms with Gasteiger partial charge in [-0.15, -0.1) is 0 Å². The molecule has 1 aromatic carbocycles. The quantitative estimate of drug-likeness (QED) is 0.765. The smallest absolute Gasteiger partial charge is 0.0244 e. The van der Waals surface area contributed by atoms with Gasteiger partial charge in [0, 0.05) is 11.0 Å². The number of halogens is 1. The van der Waals surface area contributed by atoms with Gasteiger partial charge in [-0.3, -0.25) is 4.90 Å². The number of hydrogen-bond donors (Lipinski definition) is 0. The lowest BCUT2D eigenvalue weighted by atomic mass is 9.75. The Kier molecular flexibility index (Phi) is 4.50. The highest BCUT2D eigenvalue weighted by Crippen LogP contribution is 2.34. The van der Waals surface area contributed by atoms with Crippen molar-refractivity contribution in [1.82, 2.24) is 4.90 Å². The standard InChI is InChI=1S/C16H24BrN/c1-16(2,3)14-8-10-18(11-9-14)12-13-6-4-5-7-15(13)17/h4-7,14H,8-12H2,1-3H3. The molecule has 0 radical (unpaired) electrons. The summed E-state index contributed by atoms with van der Waals surface area (Å²) in [7, 11) is 0. The molecule has 2 heteroatoms. The number of likely N-dealkylation sites (tertiary alicyclic amines) is 1. The van der Waals surface area contributed by atoms with Gasteiger partial charge in [0.05, 0.1) is 0 Å². The van der Waals surface area contributed by atoms with Gasteiger partial charge >= 0.3 is 0 Å². The van der Waals surface area contributed by atoms with Crippen LogP contribution in [0.1, 0.15) is 39.2 Å². The van der Waals surface area contributed by atoms with E-state index in [0.717, 1.165) is 12.5 Å². The third-order valence-corrected chi connectivity index (χ3v) is 4.94. The summed E-state index contributed by atoms with van der Waals surface area (Å²) in [5.74, 6) is 0.882. The Bertz CT molecular complexity index is 386. The zero-order valence-electron chi connectivity index (χ0n) is 11.7. The first-order chi connectivity index (χ1) is 8.47. The fourth-order valence-electron chi connectivity index (χ4n) is 2.82. The molecule has 0 aliphatic carbocycles. The zero-order valence-corrected chi connectivity index (χ0v) is 13.3. The van der Waals surface area contributed by atoms with Gasteiger partial charge in [-0.05, 0) is 48.9 Å². The summed E-state index contributed by atoms with van der Waals surface area (Å²) in [5, 5.41) is 0. The minimum absolute atomic E-state index is 0.472. The van der Waals surface area contributed by atoms with Crippen molar-refractivity contribution >= 4 is 15.9 Å². The lowest BCUT2D eigenvalue weighted by molar-refractivity contribution is 0.108. The molecule has 0 aromatic heterocycles. The summed E-state index contributed by atoms with van der Waals surface area (Å²) in [6, 6.07) is 8.57. The second kappa shape index (κ2) is 5.75. The van der Waals surface area contributed by atoms with Crippen LogP contribution in [-0.4, -0.2) is 18.0 Å². The molecule has 1 aliphatic heterocycles. The van der Waals surface area contributed by atoms with Crippen molar-refractivity contribution in [3.63, 3.8) is 0 Å². The van der Waals surface area contributed by atoms with Crippen LogP contribution < -0.4 is 0 Å². The monoisotopic (exact) mass is 309 g/mol. The Morgan fingerprint density at radius 2 is 1.78 bits per heavy atom. The number of rotatable bonds is 2. The van der Waals surface area contributed by atoms with Gasteiger partial charge in [0.15, 0.2) is 0 Å². The Labute approximate surface area is 120 Å². The molecule has 1 aromatic rings. The molecule has 18 heavy (non-hydrogen) atoms. The van der Waals surface area contributed by atoms with Crippen molar-refractivity contribution in [1.29, 1.82) is 0 Å². The largest absolute Gasteiger partial charge is 0.299 e. The van der Waals surface area contributed by atoms with E-state index in [0.29, 0.717) is 5.41 Å². The predicted octanol–water partition coefficient (Wildman–Crippen LogP) is 4.71. The first-order valence-corrected chi connectivity index (χ1v) is 7.72. The van der Waals surface area contributed by atoms with Crippen LogP contribution in [0, 0.1) is 11.3 Å². The topological polar surface area (TPSA) is 3.24 Å². The first kappa shape index (κ1) is 14.1. The van der Waals surface area contributed by atoms with Crippen molar-refractivity contribution < 1.29 is 0 Å². The van der Waals surface area contributed by atoms with Gasteiger partial charge in [-0.25, -0.2) is 0 Å². The lowest BCUT2D eigenvalue weighted by Crippen LogP contribution is -2.37. The van der Waals surface area contributed by atoms with Crippen LogP contribution in [0.3, 0.4) is 0 Å². The molecule has 1 fully saturated rings. The van der Waals surface area contributed by atoms with E-state index in [1.165, 1.54) is 36.0 Å². The molecular weight excluding hydrogens is 286 g/mol. The second-order valence-electron chi connectivity index (χ2n) is 6.51. The van der Waals surface area contributed by atoms with Crippen LogP contribution in [0.4, 0.5) is 0 Å². The van der Waals surface area contributed by atoms with Crippen LogP contribution in [0.5, 0.6) is 0 Å². The third kappa shape index (κ3) is 3.58. The van der Waals surface area contributed by atoms with E-state index in [4.69, 9.17) is 0 Å². The molecule has 2 rings (SSSR count). The van der Waals surface area contributed by atoms with Crippen molar-refractivity contribution in [2.75, 3.05) is 13.1 Å². The van der Waals surface area contributed by atoms with Gasteiger partial charge in [0.2, 0.25) is 0 Å². The van der Waals surface area contributed by atoms with E-state index in [1.54, 1.807) is 0 Å². The molecule has 0 atom stereocenters. The highest BCUT2D eigenvalue weighted by atomic mass is 79.9. The number of nitrogens with zero attached hydrogens (tertiary/aromatic N) is 1. The van der Waals surface area contributed by atoms with Crippen molar-refractivity contribution in [3.8, 4) is 0 Å².